The van der Waals surface area contributed by atoms with Gasteiger partial charge < -0.3 is 15.7 Å². The van der Waals surface area contributed by atoms with E-state index < -0.39 is 6.10 Å². The van der Waals surface area contributed by atoms with Crippen molar-refractivity contribution in [1.82, 2.24) is 20.4 Å². The third-order valence-corrected chi connectivity index (χ3v) is 4.15. The molecule has 3 rings (SSSR count). The van der Waals surface area contributed by atoms with Gasteiger partial charge in [0.25, 0.3) is 5.91 Å². The van der Waals surface area contributed by atoms with E-state index in [9.17, 15) is 14.3 Å². The quantitative estimate of drug-likeness (QED) is 0.772. The zero-order chi connectivity index (χ0) is 16.4. The number of nitrogens with zero attached hydrogens (tertiary/aromatic N) is 2. The summed E-state index contributed by atoms with van der Waals surface area (Å²) in [6.45, 7) is 3.45. The van der Waals surface area contributed by atoms with Gasteiger partial charge in [0, 0.05) is 25.6 Å². The van der Waals surface area contributed by atoms with Gasteiger partial charge in [-0.3, -0.25) is 4.79 Å². The molecule has 0 spiro atoms. The molecular weight excluding hydrogens is 299 g/mol. The maximum absolute atomic E-state index is 13.0. The van der Waals surface area contributed by atoms with Crippen molar-refractivity contribution in [2.24, 2.45) is 5.92 Å². The summed E-state index contributed by atoms with van der Waals surface area (Å²) in [5.74, 6) is -0.526. The fourth-order valence-corrected chi connectivity index (χ4v) is 2.72. The number of carbonyl (C=O) groups is 1. The number of benzene rings is 1. The summed E-state index contributed by atoms with van der Waals surface area (Å²) in [6, 6.07) is 5.92. The van der Waals surface area contributed by atoms with Crippen molar-refractivity contribution in [2.75, 3.05) is 19.6 Å². The van der Waals surface area contributed by atoms with Gasteiger partial charge in [-0.1, -0.05) is 0 Å². The second-order valence-electron chi connectivity index (χ2n) is 5.73. The molecule has 122 valence electrons. The van der Waals surface area contributed by atoms with Gasteiger partial charge >= 0.3 is 0 Å². The molecule has 1 saturated heterocycles. The topological polar surface area (TPSA) is 79.2 Å². The lowest BCUT2D eigenvalue weighted by molar-refractivity contribution is 0.0926. The molecular formula is C16H19FN4O2. The molecule has 3 N–H and O–H groups in total. The lowest BCUT2D eigenvalue weighted by Crippen LogP contribution is -2.34. The lowest BCUT2D eigenvalue weighted by Gasteiger charge is -2.14. The molecule has 1 aromatic carbocycles. The smallest absolute Gasteiger partial charge is 0.254 e. The highest BCUT2D eigenvalue weighted by molar-refractivity contribution is 5.95. The third kappa shape index (κ3) is 3.25. The van der Waals surface area contributed by atoms with Gasteiger partial charge in [-0.2, -0.15) is 5.10 Å². The summed E-state index contributed by atoms with van der Waals surface area (Å²) < 4.78 is 14.6. The standard InChI is InChI=1S/C16H19FN4O2/c1-10-14(16(23)19-7-11-6-18-9-15(11)22)8-20-21(10)13-4-2-12(17)3-5-13/h2-5,8,11,15,18,22H,6-7,9H2,1H3,(H,19,23). The molecule has 0 bridgehead atoms. The van der Waals surface area contributed by atoms with E-state index in [2.05, 4.69) is 15.7 Å². The predicted octanol–water partition coefficient (Wildman–Crippen LogP) is 0.630. The number of nitrogens with one attached hydrogen (secondary N) is 2. The van der Waals surface area contributed by atoms with Crippen LogP contribution in [0.3, 0.4) is 0 Å². The summed E-state index contributed by atoms with van der Waals surface area (Å²) in [7, 11) is 0. The Morgan fingerprint density at radius 1 is 1.43 bits per heavy atom. The van der Waals surface area contributed by atoms with Gasteiger partial charge in [-0.25, -0.2) is 9.07 Å². The zero-order valence-corrected chi connectivity index (χ0v) is 12.8. The average Bonchev–Trinajstić information content (AvgIpc) is 3.12. The van der Waals surface area contributed by atoms with E-state index in [1.165, 1.54) is 18.3 Å². The Balaban J connectivity index is 1.71. The first-order valence-corrected chi connectivity index (χ1v) is 7.54. The maximum atomic E-state index is 13.0. The second-order valence-corrected chi connectivity index (χ2v) is 5.73. The van der Waals surface area contributed by atoms with E-state index in [1.807, 2.05) is 0 Å². The SMILES string of the molecule is Cc1c(C(=O)NCC2CNCC2O)cnn1-c1ccc(F)cc1. The molecule has 0 radical (unpaired) electrons. The van der Waals surface area contributed by atoms with E-state index in [-0.39, 0.29) is 17.6 Å². The predicted molar refractivity (Wildman–Crippen MR) is 83.0 cm³/mol. The molecule has 2 heterocycles. The lowest BCUT2D eigenvalue weighted by atomic mass is 10.1. The third-order valence-electron chi connectivity index (χ3n) is 4.15. The van der Waals surface area contributed by atoms with Crippen LogP contribution in [0.2, 0.25) is 0 Å². The van der Waals surface area contributed by atoms with Crippen LogP contribution in [0.4, 0.5) is 4.39 Å². The summed E-state index contributed by atoms with van der Waals surface area (Å²) in [6.07, 6.45) is 1.07. The number of rotatable bonds is 4. The molecule has 23 heavy (non-hydrogen) atoms. The van der Waals surface area contributed by atoms with Crippen molar-refractivity contribution in [3.8, 4) is 5.69 Å². The number of aliphatic hydroxyl groups excluding tert-OH is 1. The Kier molecular flexibility index (Phi) is 4.40. The molecule has 2 atom stereocenters. The van der Waals surface area contributed by atoms with E-state index in [1.54, 1.807) is 23.7 Å². The van der Waals surface area contributed by atoms with E-state index in [4.69, 9.17) is 0 Å². The van der Waals surface area contributed by atoms with Crippen LogP contribution in [0.25, 0.3) is 5.69 Å². The van der Waals surface area contributed by atoms with Gasteiger partial charge in [0.05, 0.1) is 29.2 Å². The number of hydrogen-bond donors (Lipinski definition) is 3. The van der Waals surface area contributed by atoms with Crippen molar-refractivity contribution < 1.29 is 14.3 Å². The molecule has 7 heteroatoms. The van der Waals surface area contributed by atoms with Crippen molar-refractivity contribution in [1.29, 1.82) is 0 Å². The number of halogens is 1. The largest absolute Gasteiger partial charge is 0.391 e. The molecule has 1 fully saturated rings. The Morgan fingerprint density at radius 3 is 2.83 bits per heavy atom. The van der Waals surface area contributed by atoms with Crippen molar-refractivity contribution in [3.63, 3.8) is 0 Å². The highest BCUT2D eigenvalue weighted by Gasteiger charge is 2.25. The normalized spacial score (nSPS) is 20.7. The number of hydrogen-bond acceptors (Lipinski definition) is 4. The van der Waals surface area contributed by atoms with Crippen molar-refractivity contribution >= 4 is 5.91 Å². The molecule has 1 amide bonds. The fourth-order valence-electron chi connectivity index (χ4n) is 2.72. The average molecular weight is 318 g/mol. The number of aromatic nitrogens is 2. The first-order valence-electron chi connectivity index (χ1n) is 7.54. The van der Waals surface area contributed by atoms with E-state index in [0.29, 0.717) is 36.6 Å². The molecule has 1 aliphatic heterocycles. The van der Waals surface area contributed by atoms with Gasteiger partial charge in [0.2, 0.25) is 0 Å². The van der Waals surface area contributed by atoms with Crippen LogP contribution in [0.1, 0.15) is 16.1 Å². The number of amides is 1. The van der Waals surface area contributed by atoms with Gasteiger partial charge in [0.1, 0.15) is 5.82 Å². The fraction of sp³-hybridized carbons (Fsp3) is 0.375. The van der Waals surface area contributed by atoms with Crippen LogP contribution < -0.4 is 10.6 Å². The monoisotopic (exact) mass is 318 g/mol. The molecule has 1 aliphatic rings. The zero-order valence-electron chi connectivity index (χ0n) is 12.8. The molecule has 0 saturated carbocycles. The van der Waals surface area contributed by atoms with Crippen molar-refractivity contribution in [3.05, 3.63) is 47.5 Å². The number of aliphatic hydroxyl groups is 1. The Labute approximate surface area is 133 Å². The summed E-state index contributed by atoms with van der Waals surface area (Å²) >= 11 is 0. The molecule has 0 aliphatic carbocycles. The van der Waals surface area contributed by atoms with E-state index >= 15 is 0 Å². The van der Waals surface area contributed by atoms with Crippen LogP contribution in [-0.4, -0.2) is 46.5 Å². The minimum Gasteiger partial charge on any atom is -0.391 e. The minimum atomic E-state index is -0.432. The van der Waals surface area contributed by atoms with E-state index in [0.717, 1.165) is 0 Å². The van der Waals surface area contributed by atoms with Crippen LogP contribution in [0.15, 0.2) is 30.5 Å². The Bertz CT molecular complexity index is 699. The molecule has 2 aromatic rings. The second kappa shape index (κ2) is 6.47. The molecule has 6 nitrogen and oxygen atoms in total. The Hall–Kier alpha value is -2.25. The van der Waals surface area contributed by atoms with Gasteiger partial charge in [-0.05, 0) is 31.2 Å². The number of β-amino-alcohol motifs (C(OH)–C–C–N with tert-alkyl or cyclic N) is 1. The first-order chi connectivity index (χ1) is 11.1. The van der Waals surface area contributed by atoms with Crippen LogP contribution in [-0.2, 0) is 0 Å². The van der Waals surface area contributed by atoms with Crippen molar-refractivity contribution in [2.45, 2.75) is 13.0 Å². The van der Waals surface area contributed by atoms with Gasteiger partial charge in [0.15, 0.2) is 0 Å². The summed E-state index contributed by atoms with van der Waals surface area (Å²) in [5, 5.41) is 19.9. The summed E-state index contributed by atoms with van der Waals surface area (Å²) in [4.78, 5) is 12.3. The highest BCUT2D eigenvalue weighted by atomic mass is 19.1. The number of carbonyl (C=O) groups excluding carboxylic acids is 1. The minimum absolute atomic E-state index is 0.0198. The molecule has 2 unspecified atom stereocenters. The maximum Gasteiger partial charge on any atom is 0.254 e. The molecule has 1 aromatic heterocycles. The van der Waals surface area contributed by atoms with Crippen LogP contribution >= 0.6 is 0 Å². The van der Waals surface area contributed by atoms with Gasteiger partial charge in [-0.15, -0.1) is 0 Å². The summed E-state index contributed by atoms with van der Waals surface area (Å²) in [5.41, 5.74) is 1.84. The van der Waals surface area contributed by atoms with Crippen LogP contribution in [0.5, 0.6) is 0 Å². The Morgan fingerprint density at radius 2 is 2.17 bits per heavy atom. The highest BCUT2D eigenvalue weighted by Crippen LogP contribution is 2.15. The first kappa shape index (κ1) is 15.6. The van der Waals surface area contributed by atoms with Crippen LogP contribution in [0, 0.1) is 18.7 Å².